The summed E-state index contributed by atoms with van der Waals surface area (Å²) >= 11 is 0. The Kier molecular flexibility index (Phi) is 14.1. The first-order valence-electron chi connectivity index (χ1n) is 20.0. The molecule has 0 saturated carbocycles. The van der Waals surface area contributed by atoms with Gasteiger partial charge in [0.05, 0.1) is 4.90 Å². The molecule has 0 unspecified atom stereocenters. The highest BCUT2D eigenvalue weighted by atomic mass is 32.2. The first kappa shape index (κ1) is 42.6. The number of anilines is 2. The van der Waals surface area contributed by atoms with Crippen LogP contribution in [0.3, 0.4) is 0 Å². The third-order valence-corrected chi connectivity index (χ3v) is 17.4. The lowest BCUT2D eigenvalue weighted by Gasteiger charge is -2.43. The minimum Gasteiger partial charge on any atom is -0.534 e. The number of aliphatic hydroxyl groups is 1. The van der Waals surface area contributed by atoms with Crippen molar-refractivity contribution >= 4 is 46.0 Å². The van der Waals surface area contributed by atoms with E-state index in [1.165, 1.54) is 39.3 Å². The second-order valence-corrected chi connectivity index (χ2v) is 22.0. The summed E-state index contributed by atoms with van der Waals surface area (Å²) < 4.78 is 41.0. The highest BCUT2D eigenvalue weighted by Gasteiger charge is 2.52. The maximum atomic E-state index is 13.2. The maximum absolute atomic E-state index is 13.2. The molecule has 4 N–H and O–H groups in total. The van der Waals surface area contributed by atoms with Crippen molar-refractivity contribution in [2.24, 2.45) is 0 Å². The van der Waals surface area contributed by atoms with Crippen LogP contribution in [0, 0.1) is 0 Å². The number of hydrogen-bond acceptors (Lipinski definition) is 8. The normalized spacial score (nSPS) is 14.7. The van der Waals surface area contributed by atoms with Gasteiger partial charge in [-0.05, 0) is 107 Å². The molecule has 58 heavy (non-hydrogen) atoms. The molecule has 0 aromatic heterocycles. The molecule has 1 aliphatic heterocycles. The van der Waals surface area contributed by atoms with Crippen LogP contribution in [-0.2, 0) is 21.2 Å². The number of ether oxygens (including phenoxy) is 1. The van der Waals surface area contributed by atoms with Crippen molar-refractivity contribution in [3.63, 3.8) is 0 Å². The number of carbonyl (C=O) groups excluding carboxylic acids is 1. The summed E-state index contributed by atoms with van der Waals surface area (Å²) in [5.74, 6) is 1.25. The molecule has 5 aromatic carbocycles. The Balaban J connectivity index is 0.911. The lowest BCUT2D eigenvalue weighted by atomic mass is 10.1. The molecule has 0 spiro atoms. The van der Waals surface area contributed by atoms with Gasteiger partial charge in [0, 0.05) is 44.0 Å². The smallest absolute Gasteiger partial charge is 0.319 e. The van der Waals surface area contributed by atoms with Gasteiger partial charge in [-0.15, -0.1) is 0 Å². The Hall–Kier alpha value is -4.98. The van der Waals surface area contributed by atoms with E-state index in [0.29, 0.717) is 50.5 Å². The number of hydrogen-bond donors (Lipinski definition) is 4. The van der Waals surface area contributed by atoms with E-state index < -0.39 is 24.4 Å². The lowest BCUT2D eigenvalue weighted by molar-refractivity contribution is -0.114. The number of piperidine rings is 1. The van der Waals surface area contributed by atoms with Crippen LogP contribution in [0.1, 0.15) is 46.1 Å². The number of nitrogens with one attached hydrogen (secondary N) is 3. The van der Waals surface area contributed by atoms with E-state index in [2.05, 4.69) is 110 Å². The molecule has 6 rings (SSSR count). The molecule has 5 aromatic rings. The molecule has 0 aliphatic carbocycles. The van der Waals surface area contributed by atoms with Crippen molar-refractivity contribution in [1.29, 1.82) is 0 Å². The molecular weight excluding hydrogens is 765 g/mol. The topological polar surface area (TPSA) is 129 Å². The van der Waals surface area contributed by atoms with Gasteiger partial charge in [0.25, 0.3) is 0 Å². The van der Waals surface area contributed by atoms with Crippen LogP contribution in [0.5, 0.6) is 11.5 Å². The summed E-state index contributed by atoms with van der Waals surface area (Å²) in [6.07, 6.45) is 1.53. The average molecular weight is 821 g/mol. The molecule has 12 heteroatoms. The van der Waals surface area contributed by atoms with Gasteiger partial charge in [0.1, 0.15) is 24.2 Å². The monoisotopic (exact) mass is 820 g/mol. The highest BCUT2D eigenvalue weighted by Crippen LogP contribution is 2.38. The molecule has 0 bridgehead atoms. The Morgan fingerprint density at radius 1 is 0.793 bits per heavy atom. The number of sulfonamides is 1. The van der Waals surface area contributed by atoms with E-state index in [1.54, 1.807) is 12.1 Å². The number of amides is 1. The number of aliphatic hydroxyl groups excluding tert-OH is 1. The summed E-state index contributed by atoms with van der Waals surface area (Å²) in [5, 5.41) is 22.5. The first-order chi connectivity index (χ1) is 27.8. The third-order valence-electron chi connectivity index (χ3n) is 10.5. The van der Waals surface area contributed by atoms with Crippen LogP contribution >= 0.6 is 0 Å². The van der Waals surface area contributed by atoms with Crippen LogP contribution in [-0.4, -0.2) is 77.0 Å². The number of benzene rings is 5. The number of rotatable bonds is 17. The Labute approximate surface area is 344 Å². The van der Waals surface area contributed by atoms with E-state index in [0.717, 1.165) is 17.9 Å². The van der Waals surface area contributed by atoms with Crippen molar-refractivity contribution in [3.05, 3.63) is 139 Å². The van der Waals surface area contributed by atoms with Gasteiger partial charge in [-0.2, -0.15) is 4.31 Å². The maximum Gasteiger partial charge on any atom is 0.319 e. The first-order valence-corrected chi connectivity index (χ1v) is 23.3. The van der Waals surface area contributed by atoms with E-state index >= 15 is 0 Å². The Morgan fingerprint density at radius 2 is 1.34 bits per heavy atom. The standard InChI is InChI=1S/C46H56N4O6SSi/c1-35(51)48-37-19-25-43(26-20-37)57(53,54)50-31-28-39(29-32-50)49-38-17-15-36(16-18-38)27-30-47-33-40(52)34-55-41-21-23-42(24-22-41)56-58(46(2,3)4,44-11-7-5-8-12-44)45-13-9-6-10-14-45/h5-26,39-40,47,49,52H,27-34H2,1-4H3,(H,48,51)/t40-/m0/s1. The van der Waals surface area contributed by atoms with E-state index in [9.17, 15) is 18.3 Å². The van der Waals surface area contributed by atoms with E-state index in [4.69, 9.17) is 9.16 Å². The molecule has 0 radical (unpaired) electrons. The van der Waals surface area contributed by atoms with Crippen LogP contribution in [0.2, 0.25) is 5.04 Å². The van der Waals surface area contributed by atoms with Crippen LogP contribution in [0.15, 0.2) is 138 Å². The molecular formula is C46H56N4O6SSi. The van der Waals surface area contributed by atoms with Crippen LogP contribution < -0.4 is 35.5 Å². The van der Waals surface area contributed by atoms with Gasteiger partial charge in [-0.1, -0.05) is 93.6 Å². The molecule has 1 fully saturated rings. The van der Waals surface area contributed by atoms with Crippen LogP contribution in [0.25, 0.3) is 0 Å². The van der Waals surface area contributed by atoms with Gasteiger partial charge in [-0.3, -0.25) is 4.79 Å². The Bertz CT molecular complexity index is 2120. The van der Waals surface area contributed by atoms with Gasteiger partial charge in [-0.25, -0.2) is 8.42 Å². The fourth-order valence-electron chi connectivity index (χ4n) is 7.49. The fourth-order valence-corrected chi connectivity index (χ4v) is 13.4. The lowest BCUT2D eigenvalue weighted by Crippen LogP contribution is -2.68. The van der Waals surface area contributed by atoms with Crippen molar-refractivity contribution in [3.8, 4) is 11.5 Å². The van der Waals surface area contributed by atoms with Crippen LogP contribution in [0.4, 0.5) is 11.4 Å². The van der Waals surface area contributed by atoms with E-state index in [1.807, 2.05) is 36.4 Å². The molecule has 10 nitrogen and oxygen atoms in total. The number of nitrogens with zero attached hydrogens (tertiary/aromatic N) is 1. The SMILES string of the molecule is CC(=O)Nc1ccc(S(=O)(=O)N2CCC(Nc3ccc(CCNC[C@H](O)COc4ccc(O[Si](c5ccccc5)(c5ccccc5)C(C)(C)C)cc4)cc3)CC2)cc1. The zero-order valence-electron chi connectivity index (χ0n) is 33.9. The van der Waals surface area contributed by atoms with Crippen molar-refractivity contribution in [2.75, 3.05) is 43.4 Å². The van der Waals surface area contributed by atoms with Crippen molar-refractivity contribution in [2.45, 2.75) is 69.0 Å². The Morgan fingerprint density at radius 3 is 1.90 bits per heavy atom. The average Bonchev–Trinajstić information content (AvgIpc) is 3.22. The summed E-state index contributed by atoms with van der Waals surface area (Å²) in [4.78, 5) is 11.5. The quantitative estimate of drug-likeness (QED) is 0.0626. The summed E-state index contributed by atoms with van der Waals surface area (Å²) in [6, 6.07) is 43.6. The predicted octanol–water partition coefficient (Wildman–Crippen LogP) is 6.42. The largest absolute Gasteiger partial charge is 0.534 e. The highest BCUT2D eigenvalue weighted by molar-refractivity contribution is 7.89. The van der Waals surface area contributed by atoms with Gasteiger partial charge in [0.2, 0.25) is 15.9 Å². The van der Waals surface area contributed by atoms with Crippen molar-refractivity contribution < 1.29 is 27.5 Å². The van der Waals surface area contributed by atoms with E-state index in [-0.39, 0.29) is 28.5 Å². The number of carbonyl (C=O) groups is 1. The zero-order valence-corrected chi connectivity index (χ0v) is 35.7. The molecule has 306 valence electrons. The second-order valence-electron chi connectivity index (χ2n) is 15.9. The summed E-state index contributed by atoms with van der Waals surface area (Å²) in [7, 11) is -6.34. The molecule has 1 amide bonds. The van der Waals surface area contributed by atoms with Gasteiger partial charge in [0.15, 0.2) is 0 Å². The van der Waals surface area contributed by atoms with Gasteiger partial charge < -0.3 is 30.2 Å². The molecule has 1 saturated heterocycles. The van der Waals surface area contributed by atoms with Gasteiger partial charge >= 0.3 is 8.32 Å². The molecule has 1 heterocycles. The molecule has 1 aliphatic rings. The minimum atomic E-state index is -3.61. The molecule has 1 atom stereocenters. The zero-order chi connectivity index (χ0) is 41.2. The summed E-state index contributed by atoms with van der Waals surface area (Å²) in [5.41, 5.74) is 2.74. The predicted molar refractivity (Wildman–Crippen MR) is 235 cm³/mol. The van der Waals surface area contributed by atoms with Crippen molar-refractivity contribution in [1.82, 2.24) is 9.62 Å². The third kappa shape index (κ3) is 10.7. The minimum absolute atomic E-state index is 0.147. The second kappa shape index (κ2) is 19.2. The summed E-state index contributed by atoms with van der Waals surface area (Å²) in [6.45, 7) is 10.3. The fraction of sp³-hybridized carbons (Fsp3) is 0.326.